The largest absolute Gasteiger partial charge is 1.00 e. The van der Waals surface area contributed by atoms with Crippen LogP contribution in [0.2, 0.25) is 6.04 Å². The van der Waals surface area contributed by atoms with E-state index in [2.05, 4.69) is 0 Å². The predicted octanol–water partition coefficient (Wildman–Crippen LogP) is -1.81. The molecule has 0 spiro atoms. The summed E-state index contributed by atoms with van der Waals surface area (Å²) in [7, 11) is 1.05. The summed E-state index contributed by atoms with van der Waals surface area (Å²) in [6.07, 6.45) is 0.851. The smallest absolute Gasteiger partial charge is 0.748 e. The number of hydrogen-bond donors (Lipinski definition) is 0. The zero-order chi connectivity index (χ0) is 14.1. The van der Waals surface area contributed by atoms with Crippen molar-refractivity contribution in [3.8, 4) is 0 Å². The van der Waals surface area contributed by atoms with E-state index >= 15 is 0 Å². The van der Waals surface area contributed by atoms with Gasteiger partial charge in [-0.3, -0.25) is 0 Å². The molecule has 0 aromatic carbocycles. The summed E-state index contributed by atoms with van der Waals surface area (Å²) in [6.45, 7) is 0. The van der Waals surface area contributed by atoms with Crippen molar-refractivity contribution in [2.75, 3.05) is 38.6 Å². The Morgan fingerprint density at radius 3 is 1.95 bits per heavy atom. The summed E-state index contributed by atoms with van der Waals surface area (Å²) < 4.78 is 46.8. The van der Waals surface area contributed by atoms with Crippen molar-refractivity contribution in [3.63, 3.8) is 0 Å². The molecular weight excluding hydrogens is 339 g/mol. The van der Waals surface area contributed by atoms with Gasteiger partial charge in [0.25, 0.3) is 0 Å². The first-order valence-corrected chi connectivity index (χ1v) is 11.2. The van der Waals surface area contributed by atoms with Crippen molar-refractivity contribution < 1.29 is 55.8 Å². The molecule has 0 fully saturated rings. The van der Waals surface area contributed by atoms with E-state index in [-0.39, 0.29) is 35.3 Å². The Labute approximate surface area is 146 Å². The molecule has 0 bridgehead atoms. The second-order valence-corrected chi connectivity index (χ2v) is 10.6. The van der Waals surface area contributed by atoms with Crippen LogP contribution in [0.1, 0.15) is 6.42 Å². The van der Waals surface area contributed by atoms with Crippen LogP contribution in [0.5, 0.6) is 0 Å². The molecule has 0 aliphatic rings. The monoisotopic (exact) mass is 358 g/mol. The molecule has 0 heterocycles. The minimum Gasteiger partial charge on any atom is -0.748 e. The molecule has 0 aliphatic carbocycles. The molecule has 0 atom stereocenters. The average Bonchev–Trinajstić information content (AvgIpc) is 2.32. The summed E-state index contributed by atoms with van der Waals surface area (Å²) in [6, 6.07) is 0.712. The van der Waals surface area contributed by atoms with Crippen molar-refractivity contribution in [1.29, 1.82) is 0 Å². The maximum atomic E-state index is 10.3. The first kappa shape index (κ1) is 23.0. The molecule has 11 heteroatoms. The van der Waals surface area contributed by atoms with Gasteiger partial charge in [0.05, 0.1) is 10.1 Å². The van der Waals surface area contributed by atoms with E-state index in [9.17, 15) is 13.0 Å². The van der Waals surface area contributed by atoms with Crippen molar-refractivity contribution in [1.82, 2.24) is 0 Å². The standard InChI is InChI=1S/C8H20O6S3Si.Na/c1-12-18(13-2,14-3)8-4-5-15-16-6-7-17(9,10)11;/h4-8H2,1-3H3,(H,9,10,11);/q;+1/p-1. The van der Waals surface area contributed by atoms with Gasteiger partial charge < -0.3 is 17.8 Å². The van der Waals surface area contributed by atoms with Crippen LogP contribution in [0.3, 0.4) is 0 Å². The van der Waals surface area contributed by atoms with Gasteiger partial charge in [0.1, 0.15) is 0 Å². The molecule has 0 radical (unpaired) electrons. The van der Waals surface area contributed by atoms with Gasteiger partial charge in [0.15, 0.2) is 0 Å². The van der Waals surface area contributed by atoms with Crippen molar-refractivity contribution >= 4 is 40.5 Å². The molecular formula is C8H19NaO6S3Si. The van der Waals surface area contributed by atoms with Crippen LogP contribution in [-0.4, -0.2) is 60.4 Å². The first-order valence-electron chi connectivity index (χ1n) is 5.22. The van der Waals surface area contributed by atoms with Crippen LogP contribution in [0.15, 0.2) is 0 Å². The van der Waals surface area contributed by atoms with Crippen LogP contribution in [0.4, 0.5) is 0 Å². The van der Waals surface area contributed by atoms with E-state index < -0.39 is 18.9 Å². The molecule has 0 aliphatic heterocycles. The van der Waals surface area contributed by atoms with Crippen molar-refractivity contribution in [2.24, 2.45) is 0 Å². The van der Waals surface area contributed by atoms with Crippen LogP contribution in [0.25, 0.3) is 0 Å². The third-order valence-corrected chi connectivity index (χ3v) is 8.43. The molecule has 0 rings (SSSR count). The molecule has 19 heavy (non-hydrogen) atoms. The molecule has 6 nitrogen and oxygen atoms in total. The molecule has 110 valence electrons. The first-order chi connectivity index (χ1) is 8.39. The van der Waals surface area contributed by atoms with Gasteiger partial charge >= 0.3 is 38.4 Å². The van der Waals surface area contributed by atoms with Crippen LogP contribution in [0, 0.1) is 0 Å². The molecule has 0 saturated carbocycles. The van der Waals surface area contributed by atoms with Crippen molar-refractivity contribution in [3.05, 3.63) is 0 Å². The van der Waals surface area contributed by atoms with Gasteiger partial charge in [0, 0.05) is 44.6 Å². The van der Waals surface area contributed by atoms with Crippen LogP contribution in [-0.2, 0) is 23.4 Å². The zero-order valence-electron chi connectivity index (χ0n) is 11.7. The average molecular weight is 359 g/mol. The molecule has 0 saturated heterocycles. The number of hydrogen-bond acceptors (Lipinski definition) is 8. The third kappa shape index (κ3) is 12.0. The fraction of sp³-hybridized carbons (Fsp3) is 1.00. The zero-order valence-corrected chi connectivity index (χ0v) is 17.2. The maximum absolute atomic E-state index is 10.3. The Bertz CT molecular complexity index is 303. The van der Waals surface area contributed by atoms with E-state index in [4.69, 9.17) is 13.3 Å². The van der Waals surface area contributed by atoms with E-state index in [0.717, 1.165) is 12.2 Å². The van der Waals surface area contributed by atoms with Gasteiger partial charge in [-0.25, -0.2) is 8.42 Å². The predicted molar refractivity (Wildman–Crippen MR) is 75.7 cm³/mol. The second kappa shape index (κ2) is 12.3. The van der Waals surface area contributed by atoms with Gasteiger partial charge in [-0.1, -0.05) is 21.6 Å². The summed E-state index contributed by atoms with van der Waals surface area (Å²) >= 11 is 0. The van der Waals surface area contributed by atoms with E-state index in [1.165, 1.54) is 21.6 Å². The van der Waals surface area contributed by atoms with E-state index in [0.29, 0.717) is 11.8 Å². The minimum atomic E-state index is -4.09. The van der Waals surface area contributed by atoms with Crippen molar-refractivity contribution in [2.45, 2.75) is 12.5 Å². The summed E-state index contributed by atoms with van der Waals surface area (Å²) in [5.41, 5.74) is 0. The Hall–Kier alpha value is 1.71. The van der Waals surface area contributed by atoms with Gasteiger partial charge in [-0.2, -0.15) is 0 Å². The Balaban J connectivity index is 0. The molecule has 0 N–H and O–H groups in total. The fourth-order valence-corrected chi connectivity index (χ4v) is 6.40. The minimum absolute atomic E-state index is 0. The topological polar surface area (TPSA) is 84.9 Å². The SMILES string of the molecule is CO[Si](CCCSSCCS(=O)(=O)[O-])(OC)OC.[Na+]. The quantitative estimate of drug-likeness (QED) is 0.185. The third-order valence-electron chi connectivity index (χ3n) is 2.14. The van der Waals surface area contributed by atoms with Gasteiger partial charge in [-0.15, -0.1) is 0 Å². The Kier molecular flexibility index (Phi) is 14.8. The Morgan fingerprint density at radius 2 is 1.53 bits per heavy atom. The fourth-order valence-electron chi connectivity index (χ4n) is 1.16. The molecule has 0 aromatic rings. The molecule has 0 amide bonds. The van der Waals surface area contributed by atoms with E-state index in [1.807, 2.05) is 0 Å². The van der Waals surface area contributed by atoms with E-state index in [1.54, 1.807) is 21.3 Å². The summed E-state index contributed by atoms with van der Waals surface area (Å²) in [5, 5.41) is 0. The van der Waals surface area contributed by atoms with Gasteiger partial charge in [0.2, 0.25) is 0 Å². The Morgan fingerprint density at radius 1 is 1.05 bits per heavy atom. The van der Waals surface area contributed by atoms with Crippen LogP contribution >= 0.6 is 21.6 Å². The number of rotatable bonds is 11. The maximum Gasteiger partial charge on any atom is 1.00 e. The summed E-state index contributed by atoms with van der Waals surface area (Å²) in [5.74, 6) is 0.823. The van der Waals surface area contributed by atoms with Crippen LogP contribution < -0.4 is 29.6 Å². The van der Waals surface area contributed by atoms with Gasteiger partial charge in [-0.05, 0) is 6.42 Å². The second-order valence-electron chi connectivity index (χ2n) is 3.30. The molecule has 0 aromatic heterocycles. The summed E-state index contributed by atoms with van der Waals surface area (Å²) in [4.78, 5) is 0. The normalized spacial score (nSPS) is 12.2. The molecule has 0 unspecified atom stereocenters.